The molecule has 0 unspecified atom stereocenters. The van der Waals surface area contributed by atoms with E-state index in [-0.39, 0.29) is 17.9 Å². The summed E-state index contributed by atoms with van der Waals surface area (Å²) in [6, 6.07) is 12.1. The van der Waals surface area contributed by atoms with E-state index in [0.717, 1.165) is 11.1 Å². The molecule has 0 saturated heterocycles. The van der Waals surface area contributed by atoms with E-state index in [9.17, 15) is 9.90 Å². The first-order valence-electron chi connectivity index (χ1n) is 8.16. The second-order valence-corrected chi connectivity index (χ2v) is 5.40. The molecule has 0 amide bonds. The topological polar surface area (TPSA) is 81.5 Å². The SMILES string of the molecule is CCOc1ncccc1-c1ncccc1COc1cccc(O)c1C=O. The molecule has 6 nitrogen and oxygen atoms in total. The average Bonchev–Trinajstić information content (AvgIpc) is 2.67. The molecule has 0 fully saturated rings. The minimum Gasteiger partial charge on any atom is -0.507 e. The summed E-state index contributed by atoms with van der Waals surface area (Å²) in [5.74, 6) is 0.696. The van der Waals surface area contributed by atoms with Crippen LogP contribution in [-0.4, -0.2) is 28.0 Å². The minimum atomic E-state index is -0.116. The summed E-state index contributed by atoms with van der Waals surface area (Å²) in [6.07, 6.45) is 3.92. The molecule has 132 valence electrons. The van der Waals surface area contributed by atoms with Gasteiger partial charge in [0.2, 0.25) is 5.88 Å². The standard InChI is InChI=1S/C20H18N2O4/c1-2-25-20-15(7-5-11-22-20)19-14(6-4-10-21-19)13-26-18-9-3-8-17(24)16(18)12-23/h3-12,24H,2,13H2,1H3. The highest BCUT2D eigenvalue weighted by Crippen LogP contribution is 2.31. The number of ether oxygens (including phenoxy) is 2. The molecule has 26 heavy (non-hydrogen) atoms. The van der Waals surface area contributed by atoms with Gasteiger partial charge in [-0.1, -0.05) is 12.1 Å². The summed E-state index contributed by atoms with van der Waals surface area (Å²) in [5, 5.41) is 9.77. The molecular formula is C20H18N2O4. The first-order valence-corrected chi connectivity index (χ1v) is 8.16. The van der Waals surface area contributed by atoms with Gasteiger partial charge in [-0.2, -0.15) is 0 Å². The van der Waals surface area contributed by atoms with Crippen molar-refractivity contribution in [1.82, 2.24) is 9.97 Å². The molecule has 0 atom stereocenters. The number of benzene rings is 1. The van der Waals surface area contributed by atoms with E-state index in [0.29, 0.717) is 30.2 Å². The number of hydrogen-bond donors (Lipinski definition) is 1. The number of phenols is 1. The smallest absolute Gasteiger partial charge is 0.222 e. The number of aromatic nitrogens is 2. The molecule has 0 aliphatic carbocycles. The van der Waals surface area contributed by atoms with Crippen molar-refractivity contribution in [3.8, 4) is 28.6 Å². The maximum Gasteiger partial charge on any atom is 0.222 e. The van der Waals surface area contributed by atoms with Gasteiger partial charge in [-0.25, -0.2) is 4.98 Å². The highest BCUT2D eigenvalue weighted by Gasteiger charge is 2.14. The normalized spacial score (nSPS) is 10.3. The van der Waals surface area contributed by atoms with E-state index in [2.05, 4.69) is 9.97 Å². The van der Waals surface area contributed by atoms with Gasteiger partial charge in [-0.15, -0.1) is 0 Å². The van der Waals surface area contributed by atoms with Crippen LogP contribution in [0.15, 0.2) is 54.9 Å². The van der Waals surface area contributed by atoms with Crippen LogP contribution in [0.4, 0.5) is 0 Å². The molecule has 0 aliphatic rings. The predicted molar refractivity (Wildman–Crippen MR) is 96.5 cm³/mol. The van der Waals surface area contributed by atoms with Crippen molar-refractivity contribution in [1.29, 1.82) is 0 Å². The van der Waals surface area contributed by atoms with Crippen molar-refractivity contribution in [2.45, 2.75) is 13.5 Å². The van der Waals surface area contributed by atoms with Gasteiger partial charge in [0.25, 0.3) is 0 Å². The highest BCUT2D eigenvalue weighted by atomic mass is 16.5. The van der Waals surface area contributed by atoms with Gasteiger partial charge in [0.1, 0.15) is 18.1 Å². The van der Waals surface area contributed by atoms with Crippen LogP contribution in [0.3, 0.4) is 0 Å². The molecule has 0 radical (unpaired) electrons. The van der Waals surface area contributed by atoms with Gasteiger partial charge in [0, 0.05) is 18.0 Å². The predicted octanol–water partition coefficient (Wildman–Crippen LogP) is 3.64. The maximum absolute atomic E-state index is 11.2. The fraction of sp³-hybridized carbons (Fsp3) is 0.150. The lowest BCUT2D eigenvalue weighted by Gasteiger charge is -2.14. The Kier molecular flexibility index (Phi) is 5.43. The second kappa shape index (κ2) is 8.11. The zero-order valence-corrected chi connectivity index (χ0v) is 14.3. The number of carbonyl (C=O) groups is 1. The number of carbonyl (C=O) groups excluding carboxylic acids is 1. The molecule has 2 aromatic heterocycles. The maximum atomic E-state index is 11.2. The number of nitrogens with zero attached hydrogens (tertiary/aromatic N) is 2. The van der Waals surface area contributed by atoms with E-state index in [1.165, 1.54) is 6.07 Å². The highest BCUT2D eigenvalue weighted by molar-refractivity contribution is 5.83. The minimum absolute atomic E-state index is 0.116. The van der Waals surface area contributed by atoms with Crippen LogP contribution >= 0.6 is 0 Å². The van der Waals surface area contributed by atoms with E-state index >= 15 is 0 Å². The Balaban J connectivity index is 1.92. The number of phenolic OH excluding ortho intramolecular Hbond substituents is 1. The number of pyridine rings is 2. The lowest BCUT2D eigenvalue weighted by molar-refractivity contribution is 0.111. The van der Waals surface area contributed by atoms with Crippen LogP contribution < -0.4 is 9.47 Å². The van der Waals surface area contributed by atoms with E-state index in [1.807, 2.05) is 31.2 Å². The molecular weight excluding hydrogens is 332 g/mol. The van der Waals surface area contributed by atoms with Crippen molar-refractivity contribution < 1.29 is 19.4 Å². The summed E-state index contributed by atoms with van der Waals surface area (Å²) in [6.45, 7) is 2.56. The Morgan fingerprint density at radius 1 is 1.04 bits per heavy atom. The third-order valence-corrected chi connectivity index (χ3v) is 3.74. The summed E-state index contributed by atoms with van der Waals surface area (Å²) < 4.78 is 11.4. The van der Waals surface area contributed by atoms with E-state index in [4.69, 9.17) is 9.47 Å². The van der Waals surface area contributed by atoms with Crippen LogP contribution in [0.2, 0.25) is 0 Å². The Labute approximate surface area is 151 Å². The van der Waals surface area contributed by atoms with Crippen molar-refractivity contribution in [3.63, 3.8) is 0 Å². The molecule has 2 heterocycles. The van der Waals surface area contributed by atoms with Crippen molar-refractivity contribution in [2.75, 3.05) is 6.61 Å². The number of rotatable bonds is 7. The monoisotopic (exact) mass is 350 g/mol. The van der Waals surface area contributed by atoms with Crippen LogP contribution in [0.1, 0.15) is 22.8 Å². The number of aromatic hydroxyl groups is 1. The van der Waals surface area contributed by atoms with Gasteiger partial charge in [0.15, 0.2) is 6.29 Å². The second-order valence-electron chi connectivity index (χ2n) is 5.40. The Bertz CT molecular complexity index is 912. The third kappa shape index (κ3) is 3.64. The van der Waals surface area contributed by atoms with E-state index < -0.39 is 0 Å². The zero-order chi connectivity index (χ0) is 18.4. The van der Waals surface area contributed by atoms with Crippen LogP contribution in [0.5, 0.6) is 17.4 Å². The molecule has 1 N–H and O–H groups in total. The summed E-state index contributed by atoms with van der Waals surface area (Å²) >= 11 is 0. The van der Waals surface area contributed by atoms with Crippen molar-refractivity contribution in [2.24, 2.45) is 0 Å². The summed E-state index contributed by atoms with van der Waals surface area (Å²) in [5.41, 5.74) is 2.38. The molecule has 3 rings (SSSR count). The summed E-state index contributed by atoms with van der Waals surface area (Å²) in [4.78, 5) is 19.9. The van der Waals surface area contributed by atoms with Crippen LogP contribution in [0.25, 0.3) is 11.3 Å². The number of aldehydes is 1. The van der Waals surface area contributed by atoms with Gasteiger partial charge in [0.05, 0.1) is 23.4 Å². The lowest BCUT2D eigenvalue weighted by Crippen LogP contribution is -2.03. The van der Waals surface area contributed by atoms with E-state index in [1.54, 1.807) is 24.5 Å². The lowest BCUT2D eigenvalue weighted by atomic mass is 10.1. The number of hydrogen-bond acceptors (Lipinski definition) is 6. The Hall–Kier alpha value is -3.41. The van der Waals surface area contributed by atoms with Gasteiger partial charge in [-0.05, 0) is 37.3 Å². The molecule has 6 heteroatoms. The molecule has 3 aromatic rings. The molecule has 1 aromatic carbocycles. The quantitative estimate of drug-likeness (QED) is 0.655. The Morgan fingerprint density at radius 3 is 2.65 bits per heavy atom. The van der Waals surface area contributed by atoms with Gasteiger partial charge >= 0.3 is 0 Å². The zero-order valence-electron chi connectivity index (χ0n) is 14.3. The van der Waals surface area contributed by atoms with Crippen LogP contribution in [-0.2, 0) is 6.61 Å². The average molecular weight is 350 g/mol. The van der Waals surface area contributed by atoms with Gasteiger partial charge in [-0.3, -0.25) is 9.78 Å². The molecule has 0 bridgehead atoms. The molecule has 0 spiro atoms. The van der Waals surface area contributed by atoms with Crippen molar-refractivity contribution >= 4 is 6.29 Å². The fourth-order valence-electron chi connectivity index (χ4n) is 2.55. The summed E-state index contributed by atoms with van der Waals surface area (Å²) in [7, 11) is 0. The largest absolute Gasteiger partial charge is 0.507 e. The molecule has 0 saturated carbocycles. The van der Waals surface area contributed by atoms with Gasteiger partial charge < -0.3 is 14.6 Å². The van der Waals surface area contributed by atoms with Crippen LogP contribution in [0, 0.1) is 0 Å². The Morgan fingerprint density at radius 2 is 1.85 bits per heavy atom. The first kappa shape index (κ1) is 17.4. The van der Waals surface area contributed by atoms with Crippen molar-refractivity contribution in [3.05, 3.63) is 66.0 Å². The third-order valence-electron chi connectivity index (χ3n) is 3.74. The molecule has 0 aliphatic heterocycles. The first-order chi connectivity index (χ1) is 12.7. The fourth-order valence-corrected chi connectivity index (χ4v) is 2.55.